The second-order valence-electron chi connectivity index (χ2n) is 5.69. The smallest absolute Gasteiger partial charge is 0.319 e. The Labute approximate surface area is 144 Å². The Morgan fingerprint density at radius 1 is 1.20 bits per heavy atom. The SMILES string of the molecule is O=C1CC[C@@H](NC(=O)Nc2ccccc2Oc2cccc(F)c2)CN1. The number of rotatable bonds is 4. The average Bonchev–Trinajstić information content (AvgIpc) is 2.59. The number of carbonyl (C=O) groups is 2. The van der Waals surface area contributed by atoms with Crippen molar-refractivity contribution in [3.05, 3.63) is 54.3 Å². The number of urea groups is 1. The van der Waals surface area contributed by atoms with Crippen LogP contribution in [0.15, 0.2) is 48.5 Å². The van der Waals surface area contributed by atoms with Gasteiger partial charge in [0.1, 0.15) is 11.6 Å². The first-order chi connectivity index (χ1) is 12.1. The number of piperidine rings is 1. The molecule has 25 heavy (non-hydrogen) atoms. The molecule has 1 atom stereocenters. The van der Waals surface area contributed by atoms with E-state index < -0.39 is 11.8 Å². The molecule has 0 aromatic heterocycles. The molecule has 1 saturated heterocycles. The average molecular weight is 343 g/mol. The molecular formula is C18H18FN3O3. The molecule has 3 rings (SSSR count). The Bertz CT molecular complexity index is 772. The first kappa shape index (κ1) is 16.8. The van der Waals surface area contributed by atoms with Crippen LogP contribution in [0.1, 0.15) is 12.8 Å². The second-order valence-corrected chi connectivity index (χ2v) is 5.69. The third-order valence-corrected chi connectivity index (χ3v) is 3.76. The number of carbonyl (C=O) groups excluding carboxylic acids is 2. The predicted octanol–water partition coefficient (Wildman–Crippen LogP) is 3.02. The summed E-state index contributed by atoms with van der Waals surface area (Å²) in [5.74, 6) is 0.331. The van der Waals surface area contributed by atoms with E-state index in [9.17, 15) is 14.0 Å². The van der Waals surface area contributed by atoms with Gasteiger partial charge in [-0.05, 0) is 30.7 Å². The van der Waals surface area contributed by atoms with Gasteiger partial charge < -0.3 is 20.7 Å². The molecule has 0 bridgehead atoms. The van der Waals surface area contributed by atoms with Gasteiger partial charge in [0.2, 0.25) is 5.91 Å². The Balaban J connectivity index is 1.64. The van der Waals surface area contributed by atoms with E-state index in [0.29, 0.717) is 36.6 Å². The zero-order valence-electron chi connectivity index (χ0n) is 13.4. The number of nitrogens with one attached hydrogen (secondary N) is 3. The van der Waals surface area contributed by atoms with E-state index in [1.165, 1.54) is 12.1 Å². The van der Waals surface area contributed by atoms with Gasteiger partial charge in [0.05, 0.1) is 5.69 Å². The normalized spacial score (nSPS) is 16.7. The largest absolute Gasteiger partial charge is 0.455 e. The molecule has 1 fully saturated rings. The van der Waals surface area contributed by atoms with Crippen LogP contribution in [0.25, 0.3) is 0 Å². The van der Waals surface area contributed by atoms with Gasteiger partial charge in [0.15, 0.2) is 5.75 Å². The third-order valence-electron chi connectivity index (χ3n) is 3.76. The molecule has 3 amide bonds. The highest BCUT2D eigenvalue weighted by molar-refractivity contribution is 5.91. The van der Waals surface area contributed by atoms with E-state index in [-0.39, 0.29) is 11.9 Å². The molecule has 0 spiro atoms. The molecule has 1 aliphatic heterocycles. The van der Waals surface area contributed by atoms with Crippen LogP contribution in [0.3, 0.4) is 0 Å². The standard InChI is InChI=1S/C18H18FN3O3/c19-12-4-3-5-14(10-12)25-16-7-2-1-6-15(16)22-18(24)21-13-8-9-17(23)20-11-13/h1-7,10,13H,8-9,11H2,(H,20,23)(H2,21,22,24)/t13-/m1/s1. The quantitative estimate of drug-likeness (QED) is 0.798. The molecule has 2 aromatic rings. The van der Waals surface area contributed by atoms with E-state index in [0.717, 1.165) is 0 Å². The van der Waals surface area contributed by atoms with Crippen molar-refractivity contribution in [3.63, 3.8) is 0 Å². The number of halogens is 1. The summed E-state index contributed by atoms with van der Waals surface area (Å²) in [5.41, 5.74) is 0.462. The number of amides is 3. The highest BCUT2D eigenvalue weighted by atomic mass is 19.1. The van der Waals surface area contributed by atoms with Crippen molar-refractivity contribution in [3.8, 4) is 11.5 Å². The van der Waals surface area contributed by atoms with Crippen LogP contribution < -0.4 is 20.7 Å². The molecule has 0 radical (unpaired) electrons. The summed E-state index contributed by atoms with van der Waals surface area (Å²) in [6.45, 7) is 0.410. The minimum Gasteiger partial charge on any atom is -0.455 e. The monoisotopic (exact) mass is 343 g/mol. The van der Waals surface area contributed by atoms with Gasteiger partial charge in [0.25, 0.3) is 0 Å². The Morgan fingerprint density at radius 3 is 2.80 bits per heavy atom. The van der Waals surface area contributed by atoms with E-state index >= 15 is 0 Å². The number of hydrogen-bond acceptors (Lipinski definition) is 3. The number of hydrogen-bond donors (Lipinski definition) is 3. The van der Waals surface area contributed by atoms with Gasteiger partial charge in [-0.25, -0.2) is 9.18 Å². The maximum atomic E-state index is 13.3. The summed E-state index contributed by atoms with van der Waals surface area (Å²) in [4.78, 5) is 23.3. The van der Waals surface area contributed by atoms with Gasteiger partial charge in [-0.2, -0.15) is 0 Å². The fourth-order valence-corrected chi connectivity index (χ4v) is 2.52. The van der Waals surface area contributed by atoms with Gasteiger partial charge in [-0.3, -0.25) is 4.79 Å². The molecule has 2 aromatic carbocycles. The number of anilines is 1. The lowest BCUT2D eigenvalue weighted by atomic mass is 10.1. The van der Waals surface area contributed by atoms with Crippen LogP contribution in [0.4, 0.5) is 14.9 Å². The molecular weight excluding hydrogens is 325 g/mol. The van der Waals surface area contributed by atoms with E-state index in [2.05, 4.69) is 16.0 Å². The summed E-state index contributed by atoms with van der Waals surface area (Å²) in [7, 11) is 0. The van der Waals surface area contributed by atoms with Crippen LogP contribution in [0, 0.1) is 5.82 Å². The van der Waals surface area contributed by atoms with Crippen molar-refractivity contribution in [1.82, 2.24) is 10.6 Å². The Kier molecular flexibility index (Phi) is 5.13. The maximum absolute atomic E-state index is 13.3. The first-order valence-electron chi connectivity index (χ1n) is 7.97. The molecule has 1 heterocycles. The van der Waals surface area contributed by atoms with Crippen molar-refractivity contribution in [1.29, 1.82) is 0 Å². The highest BCUT2D eigenvalue weighted by Crippen LogP contribution is 2.29. The first-order valence-corrected chi connectivity index (χ1v) is 7.97. The molecule has 7 heteroatoms. The molecule has 6 nitrogen and oxygen atoms in total. The number of ether oxygens (including phenoxy) is 1. The lowest BCUT2D eigenvalue weighted by Gasteiger charge is -2.23. The van der Waals surface area contributed by atoms with E-state index in [1.54, 1.807) is 36.4 Å². The second kappa shape index (κ2) is 7.65. The van der Waals surface area contributed by atoms with E-state index in [1.807, 2.05) is 0 Å². The predicted molar refractivity (Wildman–Crippen MR) is 91.1 cm³/mol. The van der Waals surface area contributed by atoms with E-state index in [4.69, 9.17) is 4.74 Å². The summed E-state index contributed by atoms with van der Waals surface area (Å²) in [6.07, 6.45) is 0.991. The van der Waals surface area contributed by atoms with Crippen molar-refractivity contribution in [2.75, 3.05) is 11.9 Å². The fraction of sp³-hybridized carbons (Fsp3) is 0.222. The summed E-state index contributed by atoms with van der Waals surface area (Å²) in [5, 5.41) is 8.24. The van der Waals surface area contributed by atoms with Crippen molar-refractivity contribution < 1.29 is 18.7 Å². The van der Waals surface area contributed by atoms with Crippen molar-refractivity contribution >= 4 is 17.6 Å². The fourth-order valence-electron chi connectivity index (χ4n) is 2.52. The van der Waals surface area contributed by atoms with Crippen molar-refractivity contribution in [2.45, 2.75) is 18.9 Å². The maximum Gasteiger partial charge on any atom is 0.319 e. The summed E-state index contributed by atoms with van der Waals surface area (Å²) >= 11 is 0. The van der Waals surface area contributed by atoms with Gasteiger partial charge in [-0.1, -0.05) is 18.2 Å². The van der Waals surface area contributed by atoms with Gasteiger partial charge in [0, 0.05) is 25.1 Å². The zero-order valence-corrected chi connectivity index (χ0v) is 13.4. The minimum absolute atomic E-state index is 0.00713. The molecule has 0 unspecified atom stereocenters. The Hall–Kier alpha value is -3.09. The molecule has 0 aliphatic carbocycles. The summed E-state index contributed by atoms with van der Waals surface area (Å²) in [6, 6.07) is 12.1. The summed E-state index contributed by atoms with van der Waals surface area (Å²) < 4.78 is 18.9. The van der Waals surface area contributed by atoms with Crippen LogP contribution in [-0.2, 0) is 4.79 Å². The van der Waals surface area contributed by atoms with Crippen molar-refractivity contribution in [2.24, 2.45) is 0 Å². The molecule has 1 aliphatic rings. The lowest BCUT2D eigenvalue weighted by Crippen LogP contribution is -2.48. The number of benzene rings is 2. The number of para-hydroxylation sites is 2. The molecule has 130 valence electrons. The van der Waals surface area contributed by atoms with Gasteiger partial charge >= 0.3 is 6.03 Å². The van der Waals surface area contributed by atoms with Crippen LogP contribution >= 0.6 is 0 Å². The molecule has 3 N–H and O–H groups in total. The minimum atomic E-state index is -0.403. The van der Waals surface area contributed by atoms with Gasteiger partial charge in [-0.15, -0.1) is 0 Å². The highest BCUT2D eigenvalue weighted by Gasteiger charge is 2.20. The lowest BCUT2D eigenvalue weighted by molar-refractivity contribution is -0.122. The Morgan fingerprint density at radius 2 is 2.04 bits per heavy atom. The molecule has 0 saturated carbocycles. The zero-order chi connectivity index (χ0) is 17.6. The third kappa shape index (κ3) is 4.69. The van der Waals surface area contributed by atoms with Crippen LogP contribution in [0.2, 0.25) is 0 Å². The van der Waals surface area contributed by atoms with Crippen LogP contribution in [0.5, 0.6) is 11.5 Å². The topological polar surface area (TPSA) is 79.5 Å². The van der Waals surface area contributed by atoms with Crippen LogP contribution in [-0.4, -0.2) is 24.5 Å².